The third kappa shape index (κ3) is 2.07. The summed E-state index contributed by atoms with van der Waals surface area (Å²) in [5, 5.41) is 0. The number of fused-ring (bicyclic) bond motifs is 2. The molecule has 1 saturated heterocycles. The average Bonchev–Trinajstić information content (AvgIpc) is 2.77. The Kier molecular flexibility index (Phi) is 3.16. The number of hydrogen-bond acceptors (Lipinski definition) is 2. The maximum Gasteiger partial charge on any atom is 0.185 e. The molecule has 0 aromatic heterocycles. The minimum absolute atomic E-state index is 0.170. The molecular formula is C18H30O2. The summed E-state index contributed by atoms with van der Waals surface area (Å²) >= 11 is 0. The molecule has 2 aliphatic carbocycles. The lowest BCUT2D eigenvalue weighted by Gasteiger charge is -2.38. The summed E-state index contributed by atoms with van der Waals surface area (Å²) < 4.78 is 12.7. The van der Waals surface area contributed by atoms with E-state index >= 15 is 0 Å². The van der Waals surface area contributed by atoms with Crippen LogP contribution < -0.4 is 0 Å². The van der Waals surface area contributed by atoms with Gasteiger partial charge >= 0.3 is 0 Å². The van der Waals surface area contributed by atoms with Crippen LogP contribution in [0.25, 0.3) is 0 Å². The molecule has 2 nitrogen and oxygen atoms in total. The second-order valence-corrected chi connectivity index (χ2v) is 8.47. The van der Waals surface area contributed by atoms with Crippen LogP contribution in [0.4, 0.5) is 0 Å². The van der Waals surface area contributed by atoms with Gasteiger partial charge in [-0.05, 0) is 62.4 Å². The smallest absolute Gasteiger partial charge is 0.185 e. The molecule has 0 spiro atoms. The molecule has 114 valence electrons. The van der Waals surface area contributed by atoms with Gasteiger partial charge in [-0.15, -0.1) is 0 Å². The van der Waals surface area contributed by atoms with Crippen molar-refractivity contribution in [3.05, 3.63) is 12.7 Å². The zero-order valence-corrected chi connectivity index (χ0v) is 13.7. The number of hydrogen-bond donors (Lipinski definition) is 0. The van der Waals surface area contributed by atoms with E-state index in [9.17, 15) is 0 Å². The van der Waals surface area contributed by atoms with Gasteiger partial charge < -0.3 is 9.47 Å². The zero-order chi connectivity index (χ0) is 14.8. The Bertz CT molecular complexity index is 416. The van der Waals surface area contributed by atoms with Crippen LogP contribution in [0.5, 0.6) is 0 Å². The molecule has 1 unspecified atom stereocenters. The van der Waals surface area contributed by atoms with Crippen molar-refractivity contribution < 1.29 is 9.47 Å². The molecule has 3 rings (SSSR count). The highest BCUT2D eigenvalue weighted by Crippen LogP contribution is 2.58. The van der Waals surface area contributed by atoms with Crippen LogP contribution in [0.15, 0.2) is 12.7 Å². The second-order valence-electron chi connectivity index (χ2n) is 8.47. The van der Waals surface area contributed by atoms with Crippen molar-refractivity contribution in [2.75, 3.05) is 0 Å². The van der Waals surface area contributed by atoms with Gasteiger partial charge in [0.2, 0.25) is 0 Å². The van der Waals surface area contributed by atoms with E-state index in [0.717, 1.165) is 30.6 Å². The van der Waals surface area contributed by atoms with Gasteiger partial charge in [-0.3, -0.25) is 0 Å². The van der Waals surface area contributed by atoms with Crippen LogP contribution in [-0.2, 0) is 9.47 Å². The number of rotatable bonds is 1. The van der Waals surface area contributed by atoms with Crippen molar-refractivity contribution in [1.29, 1.82) is 0 Å². The van der Waals surface area contributed by atoms with Crippen molar-refractivity contribution in [3.63, 3.8) is 0 Å². The molecule has 0 aromatic rings. The minimum Gasteiger partial charge on any atom is -0.340 e. The zero-order valence-electron chi connectivity index (χ0n) is 13.7. The van der Waals surface area contributed by atoms with E-state index in [4.69, 9.17) is 9.47 Å². The van der Waals surface area contributed by atoms with Gasteiger partial charge in [0, 0.05) is 0 Å². The highest BCUT2D eigenvalue weighted by atomic mass is 16.8. The summed E-state index contributed by atoms with van der Waals surface area (Å²) in [5.74, 6) is 1.82. The molecule has 1 heterocycles. The molecule has 3 fully saturated rings. The molecule has 0 amide bonds. The third-order valence-electron chi connectivity index (χ3n) is 6.34. The van der Waals surface area contributed by atoms with E-state index in [1.54, 1.807) is 0 Å². The molecule has 1 aliphatic heterocycles. The quantitative estimate of drug-likeness (QED) is 0.655. The SMILES string of the molecule is C=C[C@]1(C)O[C@H]2CC3[C@H](C)CC[C@H]3C(C)(C)C[C@@]2(C)O1. The highest BCUT2D eigenvalue weighted by Gasteiger charge is 2.59. The predicted molar refractivity (Wildman–Crippen MR) is 81.4 cm³/mol. The fourth-order valence-corrected chi connectivity index (χ4v) is 5.41. The molecule has 2 heteroatoms. The van der Waals surface area contributed by atoms with Crippen LogP contribution in [0.3, 0.4) is 0 Å². The van der Waals surface area contributed by atoms with Crippen LogP contribution in [-0.4, -0.2) is 17.5 Å². The standard InChI is InChI=1S/C18H30O2/c1-7-18(6)19-15-10-13-12(2)8-9-14(13)16(3,4)11-17(15,5)20-18/h7,12-15H,1,8-11H2,2-6H3/t12-,13?,14-,15+,17-,18-/m1/s1. The first kappa shape index (κ1) is 14.6. The van der Waals surface area contributed by atoms with Crippen molar-refractivity contribution in [2.45, 2.75) is 77.8 Å². The fourth-order valence-electron chi connectivity index (χ4n) is 5.41. The van der Waals surface area contributed by atoms with Crippen LogP contribution in [0.1, 0.15) is 60.3 Å². The Morgan fingerprint density at radius 2 is 1.85 bits per heavy atom. The Labute approximate surface area is 123 Å². The molecular weight excluding hydrogens is 248 g/mol. The summed E-state index contributed by atoms with van der Waals surface area (Å²) in [5.41, 5.74) is 0.158. The van der Waals surface area contributed by atoms with Crippen molar-refractivity contribution >= 4 is 0 Å². The van der Waals surface area contributed by atoms with Gasteiger partial charge in [0.05, 0.1) is 11.7 Å². The average molecular weight is 278 g/mol. The Morgan fingerprint density at radius 1 is 1.15 bits per heavy atom. The maximum absolute atomic E-state index is 6.37. The van der Waals surface area contributed by atoms with Gasteiger partial charge in [0.25, 0.3) is 0 Å². The molecule has 20 heavy (non-hydrogen) atoms. The normalized spacial score (nSPS) is 54.0. The van der Waals surface area contributed by atoms with Gasteiger partial charge in [0.15, 0.2) is 5.79 Å². The molecule has 0 bridgehead atoms. The lowest BCUT2D eigenvalue weighted by molar-refractivity contribution is -0.148. The predicted octanol–water partition coefficient (Wildman–Crippen LogP) is 4.55. The fraction of sp³-hybridized carbons (Fsp3) is 0.889. The minimum atomic E-state index is -0.607. The largest absolute Gasteiger partial charge is 0.340 e. The van der Waals surface area contributed by atoms with E-state index in [-0.39, 0.29) is 11.7 Å². The lowest BCUT2D eigenvalue weighted by atomic mass is 9.69. The lowest BCUT2D eigenvalue weighted by Crippen LogP contribution is -2.40. The monoisotopic (exact) mass is 278 g/mol. The Balaban J connectivity index is 1.95. The molecule has 0 aromatic carbocycles. The maximum atomic E-state index is 6.37. The van der Waals surface area contributed by atoms with E-state index < -0.39 is 5.79 Å². The van der Waals surface area contributed by atoms with Gasteiger partial charge in [-0.25, -0.2) is 0 Å². The first-order valence-corrected chi connectivity index (χ1v) is 8.21. The summed E-state index contributed by atoms with van der Waals surface area (Å²) in [4.78, 5) is 0. The van der Waals surface area contributed by atoms with Crippen LogP contribution in [0, 0.1) is 23.2 Å². The highest BCUT2D eigenvalue weighted by molar-refractivity contribution is 5.08. The van der Waals surface area contributed by atoms with Crippen LogP contribution >= 0.6 is 0 Å². The Hall–Kier alpha value is -0.340. The van der Waals surface area contributed by atoms with Crippen molar-refractivity contribution in [2.24, 2.45) is 23.2 Å². The first-order chi connectivity index (χ1) is 9.19. The van der Waals surface area contributed by atoms with Gasteiger partial charge in [-0.2, -0.15) is 0 Å². The molecule has 6 atom stereocenters. The van der Waals surface area contributed by atoms with E-state index in [1.165, 1.54) is 12.8 Å². The molecule has 0 N–H and O–H groups in total. The molecule has 2 saturated carbocycles. The van der Waals surface area contributed by atoms with E-state index in [0.29, 0.717) is 5.41 Å². The molecule has 0 radical (unpaired) electrons. The second kappa shape index (κ2) is 4.33. The van der Waals surface area contributed by atoms with E-state index in [2.05, 4.69) is 34.3 Å². The van der Waals surface area contributed by atoms with Crippen molar-refractivity contribution in [3.8, 4) is 0 Å². The first-order valence-electron chi connectivity index (χ1n) is 8.21. The summed E-state index contributed by atoms with van der Waals surface area (Å²) in [6, 6.07) is 0. The Morgan fingerprint density at radius 3 is 2.50 bits per heavy atom. The van der Waals surface area contributed by atoms with Gasteiger partial charge in [0.1, 0.15) is 0 Å². The van der Waals surface area contributed by atoms with Crippen molar-refractivity contribution in [1.82, 2.24) is 0 Å². The summed E-state index contributed by atoms with van der Waals surface area (Å²) in [6.45, 7) is 15.4. The summed E-state index contributed by atoms with van der Waals surface area (Å²) in [6.07, 6.45) is 7.01. The summed E-state index contributed by atoms with van der Waals surface area (Å²) in [7, 11) is 0. The van der Waals surface area contributed by atoms with E-state index in [1.807, 2.05) is 13.0 Å². The third-order valence-corrected chi connectivity index (χ3v) is 6.34. The molecule has 3 aliphatic rings. The van der Waals surface area contributed by atoms with Gasteiger partial charge in [-0.1, -0.05) is 33.8 Å². The topological polar surface area (TPSA) is 18.5 Å². The van der Waals surface area contributed by atoms with Crippen LogP contribution in [0.2, 0.25) is 0 Å². The number of ether oxygens (including phenoxy) is 2.